The van der Waals surface area contributed by atoms with Crippen molar-refractivity contribution in [3.8, 4) is 0 Å². The van der Waals surface area contributed by atoms with Gasteiger partial charge in [-0.15, -0.1) is 0 Å². The Morgan fingerprint density at radius 1 is 1.22 bits per heavy atom. The van der Waals surface area contributed by atoms with Crippen molar-refractivity contribution < 1.29 is 0 Å². The first-order valence-corrected chi connectivity index (χ1v) is 8.79. The predicted molar refractivity (Wildman–Crippen MR) is 93.4 cm³/mol. The van der Waals surface area contributed by atoms with E-state index in [0.29, 0.717) is 5.92 Å². The molecule has 0 radical (unpaired) electrons. The molecule has 3 heterocycles. The molecule has 2 fully saturated rings. The third-order valence-corrected chi connectivity index (χ3v) is 4.85. The molecule has 1 aromatic heterocycles. The quantitative estimate of drug-likeness (QED) is 0.679. The van der Waals surface area contributed by atoms with Crippen LogP contribution < -0.4 is 10.6 Å². The molecule has 0 aromatic carbocycles. The molecule has 23 heavy (non-hydrogen) atoms. The van der Waals surface area contributed by atoms with E-state index < -0.39 is 0 Å². The number of likely N-dealkylation sites (tertiary alicyclic amines) is 1. The molecule has 2 unspecified atom stereocenters. The van der Waals surface area contributed by atoms with Gasteiger partial charge in [0.25, 0.3) is 0 Å². The first kappa shape index (κ1) is 16.0. The Kier molecular flexibility index (Phi) is 5.31. The van der Waals surface area contributed by atoms with E-state index in [1.165, 1.54) is 25.7 Å². The molecule has 2 N–H and O–H groups in total. The van der Waals surface area contributed by atoms with Crippen LogP contribution in [0.3, 0.4) is 0 Å². The maximum atomic E-state index is 6.21. The Balaban J connectivity index is 1.54. The summed E-state index contributed by atoms with van der Waals surface area (Å²) in [7, 11) is 0. The molecule has 126 valence electrons. The molecule has 6 nitrogen and oxygen atoms in total. The molecule has 0 amide bonds. The fourth-order valence-electron chi connectivity index (χ4n) is 3.57. The molecule has 1 aromatic rings. The van der Waals surface area contributed by atoms with Crippen molar-refractivity contribution in [3.63, 3.8) is 0 Å². The highest BCUT2D eigenvalue weighted by atomic mass is 15.3. The molecule has 6 heteroatoms. The Hall–Kier alpha value is -1.85. The zero-order valence-electron chi connectivity index (χ0n) is 14.1. The number of hydrogen-bond donors (Lipinski definition) is 1. The van der Waals surface area contributed by atoms with E-state index in [1.54, 1.807) is 12.4 Å². The normalized spacial score (nSPS) is 26.4. The van der Waals surface area contributed by atoms with Crippen molar-refractivity contribution in [1.29, 1.82) is 0 Å². The number of aromatic nitrogens is 2. The summed E-state index contributed by atoms with van der Waals surface area (Å²) in [6, 6.07) is 1.86. The van der Waals surface area contributed by atoms with Crippen molar-refractivity contribution in [1.82, 2.24) is 14.9 Å². The van der Waals surface area contributed by atoms with E-state index in [0.717, 1.165) is 50.5 Å². The number of piperidine rings is 2. The van der Waals surface area contributed by atoms with Crippen molar-refractivity contribution >= 4 is 11.9 Å². The minimum absolute atomic E-state index is 0.535. The van der Waals surface area contributed by atoms with Gasteiger partial charge in [0.15, 0.2) is 5.96 Å². The highest BCUT2D eigenvalue weighted by Crippen LogP contribution is 2.20. The molecule has 2 atom stereocenters. The van der Waals surface area contributed by atoms with Gasteiger partial charge in [-0.1, -0.05) is 6.92 Å². The minimum Gasteiger partial charge on any atom is -0.370 e. The standard InChI is InChI=1S/C17H28N6/c1-14-5-2-9-22(12-14)16(18)21-11-15-6-3-10-23(13-15)17-19-7-4-8-20-17/h4,7-8,14-15H,2-3,5-6,9-13H2,1H3,(H2,18,21). The lowest BCUT2D eigenvalue weighted by Gasteiger charge is -2.33. The predicted octanol–water partition coefficient (Wildman–Crippen LogP) is 1.74. The van der Waals surface area contributed by atoms with Crippen LogP contribution in [0.2, 0.25) is 0 Å². The van der Waals surface area contributed by atoms with Crippen molar-refractivity contribution in [2.75, 3.05) is 37.6 Å². The molecule has 2 aliphatic heterocycles. The second kappa shape index (κ2) is 7.62. The highest BCUT2D eigenvalue weighted by Gasteiger charge is 2.22. The second-order valence-corrected chi connectivity index (χ2v) is 6.90. The number of nitrogens with zero attached hydrogens (tertiary/aromatic N) is 5. The Morgan fingerprint density at radius 2 is 2.00 bits per heavy atom. The average molecular weight is 316 g/mol. The van der Waals surface area contributed by atoms with Crippen LogP contribution in [0.5, 0.6) is 0 Å². The van der Waals surface area contributed by atoms with Gasteiger partial charge in [-0.25, -0.2) is 9.97 Å². The summed E-state index contributed by atoms with van der Waals surface area (Å²) in [6.45, 7) is 7.19. The van der Waals surface area contributed by atoms with E-state index >= 15 is 0 Å². The molecule has 3 rings (SSSR count). The van der Waals surface area contributed by atoms with Crippen LogP contribution in [0, 0.1) is 11.8 Å². The SMILES string of the molecule is CC1CCCN(C(N)=NCC2CCCN(c3ncccn3)C2)C1. The van der Waals surface area contributed by atoms with Crippen LogP contribution in [0.25, 0.3) is 0 Å². The van der Waals surface area contributed by atoms with Crippen LogP contribution >= 0.6 is 0 Å². The smallest absolute Gasteiger partial charge is 0.225 e. The summed E-state index contributed by atoms with van der Waals surface area (Å²) in [6.07, 6.45) is 8.51. The lowest BCUT2D eigenvalue weighted by atomic mass is 9.98. The lowest BCUT2D eigenvalue weighted by molar-refractivity contribution is 0.269. The summed E-state index contributed by atoms with van der Waals surface area (Å²) in [5, 5.41) is 0. The van der Waals surface area contributed by atoms with E-state index in [9.17, 15) is 0 Å². The number of nitrogens with two attached hydrogens (primary N) is 1. The zero-order chi connectivity index (χ0) is 16.1. The van der Waals surface area contributed by atoms with E-state index in [2.05, 4.69) is 31.7 Å². The minimum atomic E-state index is 0.535. The van der Waals surface area contributed by atoms with Gasteiger partial charge in [-0.3, -0.25) is 4.99 Å². The van der Waals surface area contributed by atoms with Crippen LogP contribution in [0.1, 0.15) is 32.6 Å². The van der Waals surface area contributed by atoms with Crippen molar-refractivity contribution in [2.24, 2.45) is 22.6 Å². The molecule has 2 aliphatic rings. The summed E-state index contributed by atoms with van der Waals surface area (Å²) >= 11 is 0. The maximum Gasteiger partial charge on any atom is 0.225 e. The molecule has 2 saturated heterocycles. The van der Waals surface area contributed by atoms with Gasteiger partial charge in [-0.05, 0) is 43.6 Å². The summed E-state index contributed by atoms with van der Waals surface area (Å²) in [4.78, 5) is 17.9. The topological polar surface area (TPSA) is 70.6 Å². The van der Waals surface area contributed by atoms with Gasteiger partial charge in [0.05, 0.1) is 0 Å². The molecule has 0 spiro atoms. The van der Waals surface area contributed by atoms with Gasteiger partial charge in [0.1, 0.15) is 0 Å². The van der Waals surface area contributed by atoms with Crippen LogP contribution in [-0.4, -0.2) is 53.6 Å². The average Bonchev–Trinajstić information content (AvgIpc) is 2.61. The van der Waals surface area contributed by atoms with Crippen molar-refractivity contribution in [3.05, 3.63) is 18.5 Å². The largest absolute Gasteiger partial charge is 0.370 e. The molecular weight excluding hydrogens is 288 g/mol. The number of aliphatic imine (C=N–C) groups is 1. The number of hydrogen-bond acceptors (Lipinski definition) is 4. The number of guanidine groups is 1. The molecule has 0 bridgehead atoms. The zero-order valence-corrected chi connectivity index (χ0v) is 14.1. The number of anilines is 1. The van der Waals surface area contributed by atoms with E-state index in [1.807, 2.05) is 6.07 Å². The Bertz CT molecular complexity index is 517. The van der Waals surface area contributed by atoms with Crippen molar-refractivity contribution in [2.45, 2.75) is 32.6 Å². The third kappa shape index (κ3) is 4.33. The van der Waals surface area contributed by atoms with Crippen LogP contribution in [-0.2, 0) is 0 Å². The van der Waals surface area contributed by atoms with Gasteiger partial charge in [0.2, 0.25) is 5.95 Å². The summed E-state index contributed by atoms with van der Waals surface area (Å²) in [5.74, 6) is 2.81. The van der Waals surface area contributed by atoms with Crippen LogP contribution in [0.15, 0.2) is 23.5 Å². The van der Waals surface area contributed by atoms with Gasteiger partial charge < -0.3 is 15.5 Å². The van der Waals surface area contributed by atoms with Gasteiger partial charge in [0, 0.05) is 45.1 Å². The first-order valence-electron chi connectivity index (χ1n) is 8.79. The fraction of sp³-hybridized carbons (Fsp3) is 0.706. The summed E-state index contributed by atoms with van der Waals surface area (Å²) in [5.41, 5.74) is 6.21. The highest BCUT2D eigenvalue weighted by molar-refractivity contribution is 5.78. The van der Waals surface area contributed by atoms with Crippen LogP contribution in [0.4, 0.5) is 5.95 Å². The Morgan fingerprint density at radius 3 is 2.78 bits per heavy atom. The second-order valence-electron chi connectivity index (χ2n) is 6.90. The lowest BCUT2D eigenvalue weighted by Crippen LogP contribution is -2.44. The first-order chi connectivity index (χ1) is 11.2. The molecule has 0 aliphatic carbocycles. The van der Waals surface area contributed by atoms with Gasteiger partial charge >= 0.3 is 0 Å². The maximum absolute atomic E-state index is 6.21. The molecular formula is C17H28N6. The summed E-state index contributed by atoms with van der Waals surface area (Å²) < 4.78 is 0. The Labute approximate surface area is 138 Å². The fourth-order valence-corrected chi connectivity index (χ4v) is 3.57. The molecule has 0 saturated carbocycles. The number of rotatable bonds is 3. The third-order valence-electron chi connectivity index (χ3n) is 4.85. The van der Waals surface area contributed by atoms with Gasteiger partial charge in [-0.2, -0.15) is 0 Å². The monoisotopic (exact) mass is 316 g/mol. The van der Waals surface area contributed by atoms with E-state index in [-0.39, 0.29) is 0 Å². The van der Waals surface area contributed by atoms with E-state index in [4.69, 9.17) is 5.73 Å².